The van der Waals surface area contributed by atoms with Crippen LogP contribution in [-0.4, -0.2) is 33.2 Å². The Balaban J connectivity index is 2.33. The van der Waals surface area contributed by atoms with Gasteiger partial charge in [0.2, 0.25) is 0 Å². The molecule has 0 aliphatic heterocycles. The fourth-order valence-corrected chi connectivity index (χ4v) is 2.79. The summed E-state index contributed by atoms with van der Waals surface area (Å²) in [5, 5.41) is 12.8. The van der Waals surface area contributed by atoms with Gasteiger partial charge in [0, 0.05) is 19.0 Å². The van der Waals surface area contributed by atoms with E-state index < -0.39 is 35.8 Å². The molecule has 118 valence electrons. The highest BCUT2D eigenvalue weighted by Gasteiger charge is 2.38. The van der Waals surface area contributed by atoms with Gasteiger partial charge in [0.25, 0.3) is 5.92 Å². The molecular weight excluding hydrogens is 292 g/mol. The van der Waals surface area contributed by atoms with Gasteiger partial charge in [0.15, 0.2) is 0 Å². The highest BCUT2D eigenvalue weighted by Crippen LogP contribution is 2.34. The maximum absolute atomic E-state index is 13.4. The third-order valence-corrected chi connectivity index (χ3v) is 3.75. The minimum absolute atomic E-state index is 0.0585. The van der Waals surface area contributed by atoms with E-state index in [0.29, 0.717) is 6.92 Å². The number of carboxylic acids is 1. The minimum Gasteiger partial charge on any atom is -0.477 e. The number of hydrogen-bond acceptors (Lipinski definition) is 2. The van der Waals surface area contributed by atoms with Crippen molar-refractivity contribution in [2.45, 2.75) is 51.5 Å². The molecule has 0 radical (unpaired) electrons. The summed E-state index contributed by atoms with van der Waals surface area (Å²) in [5.41, 5.74) is -1.10. The van der Waals surface area contributed by atoms with Crippen molar-refractivity contribution >= 4 is 5.97 Å². The van der Waals surface area contributed by atoms with Crippen molar-refractivity contribution in [1.29, 1.82) is 0 Å². The molecule has 1 unspecified atom stereocenters. The van der Waals surface area contributed by atoms with Crippen LogP contribution in [0.5, 0.6) is 0 Å². The van der Waals surface area contributed by atoms with Crippen molar-refractivity contribution in [3.8, 4) is 0 Å². The molecule has 0 spiro atoms. The molecule has 1 heterocycles. The number of nitrogens with zero attached hydrogens (tertiary/aromatic N) is 2. The van der Waals surface area contributed by atoms with Crippen LogP contribution in [0.3, 0.4) is 0 Å². The van der Waals surface area contributed by atoms with Crippen LogP contribution in [0.2, 0.25) is 0 Å². The lowest BCUT2D eigenvalue weighted by molar-refractivity contribution is 0.0113. The monoisotopic (exact) mass is 308 g/mol. The zero-order valence-electron chi connectivity index (χ0n) is 11.6. The zero-order valence-corrected chi connectivity index (χ0v) is 11.6. The Bertz CT molecular complexity index is 543. The summed E-state index contributed by atoms with van der Waals surface area (Å²) in [4.78, 5) is 11.2. The summed E-state index contributed by atoms with van der Waals surface area (Å²) in [6.07, 6.45) is -3.30. The quantitative estimate of drug-likeness (QED) is 0.870. The highest BCUT2D eigenvalue weighted by atomic mass is 19.3. The van der Waals surface area contributed by atoms with Crippen LogP contribution in [-0.2, 0) is 12.5 Å². The van der Waals surface area contributed by atoms with Gasteiger partial charge in [-0.2, -0.15) is 13.9 Å². The summed E-state index contributed by atoms with van der Waals surface area (Å²) in [7, 11) is 0. The molecule has 0 saturated heterocycles. The number of rotatable bonds is 4. The number of carboxylic acid groups (broad SMARTS) is 1. The van der Waals surface area contributed by atoms with Gasteiger partial charge < -0.3 is 5.11 Å². The lowest BCUT2D eigenvalue weighted by Crippen LogP contribution is -2.16. The molecule has 4 nitrogen and oxygen atoms in total. The van der Waals surface area contributed by atoms with Gasteiger partial charge in [-0.15, -0.1) is 0 Å². The summed E-state index contributed by atoms with van der Waals surface area (Å²) in [6, 6.07) is 0. The Morgan fingerprint density at radius 2 is 1.90 bits per heavy atom. The molecule has 1 saturated carbocycles. The van der Waals surface area contributed by atoms with E-state index in [9.17, 15) is 22.4 Å². The Hall–Kier alpha value is -1.60. The van der Waals surface area contributed by atoms with E-state index in [1.807, 2.05) is 0 Å². The topological polar surface area (TPSA) is 55.1 Å². The molecular formula is C13H16F4N2O2. The van der Waals surface area contributed by atoms with Crippen molar-refractivity contribution in [2.24, 2.45) is 5.92 Å². The van der Waals surface area contributed by atoms with Crippen molar-refractivity contribution in [2.75, 3.05) is 0 Å². The molecule has 8 heteroatoms. The normalized spacial score (nSPS) is 26.3. The van der Waals surface area contributed by atoms with Gasteiger partial charge in [-0.3, -0.25) is 4.68 Å². The molecule has 1 N–H and O–H groups in total. The fourth-order valence-electron chi connectivity index (χ4n) is 2.79. The van der Waals surface area contributed by atoms with Gasteiger partial charge in [0.05, 0.1) is 0 Å². The summed E-state index contributed by atoms with van der Waals surface area (Å²) < 4.78 is 54.1. The van der Waals surface area contributed by atoms with Gasteiger partial charge in [0.1, 0.15) is 23.7 Å². The van der Waals surface area contributed by atoms with Crippen LogP contribution in [0.1, 0.15) is 41.5 Å². The maximum Gasteiger partial charge on any atom is 0.354 e. The average molecular weight is 308 g/mol. The zero-order chi connectivity index (χ0) is 15.9. The first-order valence-electron chi connectivity index (χ1n) is 6.58. The Morgan fingerprint density at radius 3 is 2.33 bits per heavy atom. The molecule has 0 aromatic carbocycles. The number of alkyl halides is 4. The number of halogens is 4. The first-order valence-corrected chi connectivity index (χ1v) is 6.58. The highest BCUT2D eigenvalue weighted by molar-refractivity contribution is 5.87. The molecule has 1 aromatic heterocycles. The molecule has 1 fully saturated rings. The number of carbonyl (C=O) groups is 1. The minimum atomic E-state index is -3.28. The van der Waals surface area contributed by atoms with E-state index in [2.05, 4.69) is 5.10 Å². The largest absolute Gasteiger partial charge is 0.477 e. The molecule has 0 bridgehead atoms. The van der Waals surface area contributed by atoms with Crippen molar-refractivity contribution in [3.63, 3.8) is 0 Å². The number of aromatic carboxylic acids is 1. The number of hydrogen-bond donors (Lipinski definition) is 1. The molecule has 0 amide bonds. The lowest BCUT2D eigenvalue weighted by Gasteiger charge is -2.10. The predicted molar refractivity (Wildman–Crippen MR) is 66.0 cm³/mol. The van der Waals surface area contributed by atoms with Crippen LogP contribution in [0, 0.1) is 12.8 Å². The average Bonchev–Trinajstić information content (AvgIpc) is 2.80. The van der Waals surface area contributed by atoms with E-state index in [1.165, 1.54) is 6.92 Å². The third-order valence-electron chi connectivity index (χ3n) is 3.75. The summed E-state index contributed by atoms with van der Waals surface area (Å²) in [5.74, 6) is -5.12. The van der Waals surface area contributed by atoms with Crippen LogP contribution in [0.4, 0.5) is 17.6 Å². The van der Waals surface area contributed by atoms with E-state index in [4.69, 9.17) is 5.11 Å². The van der Waals surface area contributed by atoms with E-state index in [0.717, 1.165) is 4.68 Å². The lowest BCUT2D eigenvalue weighted by atomic mass is 10.1. The second kappa shape index (κ2) is 5.31. The first-order chi connectivity index (χ1) is 9.61. The molecule has 2 rings (SSSR count). The van der Waals surface area contributed by atoms with Gasteiger partial charge in [-0.05, 0) is 25.7 Å². The SMILES string of the molecule is Cc1c(C(C)(F)F)nn(CC2C[C@@H](F)[C@@H](F)C2)c1C(=O)O. The first kappa shape index (κ1) is 15.8. The second-order valence-corrected chi connectivity index (χ2v) is 5.57. The van der Waals surface area contributed by atoms with Gasteiger partial charge >= 0.3 is 5.97 Å². The Labute approximate surface area is 118 Å². The summed E-state index contributed by atoms with van der Waals surface area (Å²) >= 11 is 0. The number of aromatic nitrogens is 2. The Kier molecular flexibility index (Phi) is 3.99. The smallest absolute Gasteiger partial charge is 0.354 e. The van der Waals surface area contributed by atoms with Crippen LogP contribution in [0.25, 0.3) is 0 Å². The van der Waals surface area contributed by atoms with E-state index in [-0.39, 0.29) is 30.6 Å². The van der Waals surface area contributed by atoms with Gasteiger partial charge in [-0.25, -0.2) is 13.6 Å². The second-order valence-electron chi connectivity index (χ2n) is 5.57. The van der Waals surface area contributed by atoms with Crippen molar-refractivity contribution in [3.05, 3.63) is 17.0 Å². The van der Waals surface area contributed by atoms with Crippen molar-refractivity contribution < 1.29 is 27.5 Å². The molecule has 1 aromatic rings. The molecule has 3 atom stereocenters. The summed E-state index contributed by atoms with van der Waals surface area (Å²) in [6.45, 7) is 1.80. The van der Waals surface area contributed by atoms with E-state index in [1.54, 1.807) is 0 Å². The van der Waals surface area contributed by atoms with Crippen molar-refractivity contribution in [1.82, 2.24) is 9.78 Å². The van der Waals surface area contributed by atoms with E-state index >= 15 is 0 Å². The molecule has 1 aliphatic rings. The van der Waals surface area contributed by atoms with Crippen LogP contribution < -0.4 is 0 Å². The van der Waals surface area contributed by atoms with Crippen LogP contribution >= 0.6 is 0 Å². The third kappa shape index (κ3) is 3.03. The van der Waals surface area contributed by atoms with Crippen LogP contribution in [0.15, 0.2) is 0 Å². The molecule has 1 aliphatic carbocycles. The maximum atomic E-state index is 13.4. The molecule has 21 heavy (non-hydrogen) atoms. The van der Waals surface area contributed by atoms with Gasteiger partial charge in [-0.1, -0.05) is 0 Å². The Morgan fingerprint density at radius 1 is 1.38 bits per heavy atom. The standard InChI is InChI=1S/C13H16F4N2O2/c1-6-10(12(20)21)19(18-11(6)13(2,16)17)5-7-3-8(14)9(15)4-7/h7-9H,3-5H2,1-2H3,(H,20,21)/t7?,8-,9+. The fraction of sp³-hybridized carbons (Fsp3) is 0.692. The predicted octanol–water partition coefficient (Wildman–Crippen LogP) is 3.09.